The van der Waals surface area contributed by atoms with Gasteiger partial charge in [-0.15, -0.1) is 0 Å². The van der Waals surface area contributed by atoms with E-state index in [0.717, 1.165) is 12.1 Å². The van der Waals surface area contributed by atoms with Crippen molar-refractivity contribution in [2.24, 2.45) is 0 Å². The number of carboxylic acid groups (broad SMARTS) is 1. The van der Waals surface area contributed by atoms with Gasteiger partial charge in [0.2, 0.25) is 0 Å². The quantitative estimate of drug-likeness (QED) is 0.738. The summed E-state index contributed by atoms with van der Waals surface area (Å²) >= 11 is 0. The largest absolute Gasteiger partial charge is 0.550 e. The topological polar surface area (TPSA) is 63.9 Å². The maximum Gasteiger partial charge on any atom is 0.159 e. The molecule has 0 fully saturated rings. The van der Waals surface area contributed by atoms with Crippen molar-refractivity contribution in [2.45, 2.75) is 12.3 Å². The molecular formula is C10H6F2NO2-. The second kappa shape index (κ2) is 4.51. The number of aliphatic carboxylic acids is 1. The van der Waals surface area contributed by atoms with Gasteiger partial charge >= 0.3 is 0 Å². The molecule has 0 saturated carbocycles. The van der Waals surface area contributed by atoms with Gasteiger partial charge in [0.15, 0.2) is 11.6 Å². The Balaban J connectivity index is 2.98. The van der Waals surface area contributed by atoms with E-state index >= 15 is 0 Å². The number of halogens is 2. The molecule has 1 unspecified atom stereocenters. The van der Waals surface area contributed by atoms with E-state index in [0.29, 0.717) is 0 Å². The summed E-state index contributed by atoms with van der Waals surface area (Å²) < 4.78 is 25.3. The molecule has 0 spiro atoms. The lowest BCUT2D eigenvalue weighted by molar-refractivity contribution is -0.305. The zero-order valence-electron chi connectivity index (χ0n) is 7.54. The van der Waals surface area contributed by atoms with Gasteiger partial charge in [0.1, 0.15) is 0 Å². The highest BCUT2D eigenvalue weighted by molar-refractivity contribution is 5.66. The number of nitrogens with zero attached hydrogens (tertiary/aromatic N) is 1. The Morgan fingerprint density at radius 2 is 2.13 bits per heavy atom. The highest BCUT2D eigenvalue weighted by atomic mass is 19.2. The van der Waals surface area contributed by atoms with Gasteiger partial charge in [-0.3, -0.25) is 0 Å². The molecule has 0 aromatic heterocycles. The van der Waals surface area contributed by atoms with Gasteiger partial charge < -0.3 is 9.90 Å². The zero-order chi connectivity index (χ0) is 11.4. The van der Waals surface area contributed by atoms with Gasteiger partial charge in [0.05, 0.1) is 12.0 Å². The molecule has 1 aromatic rings. The predicted octanol–water partition coefficient (Wildman–Crippen LogP) is 0.712. The number of nitriles is 1. The Morgan fingerprint density at radius 1 is 1.47 bits per heavy atom. The third-order valence-corrected chi connectivity index (χ3v) is 1.87. The van der Waals surface area contributed by atoms with E-state index in [1.165, 1.54) is 6.07 Å². The average molecular weight is 210 g/mol. The van der Waals surface area contributed by atoms with E-state index in [1.54, 1.807) is 6.07 Å². The van der Waals surface area contributed by atoms with Gasteiger partial charge in [-0.25, -0.2) is 8.78 Å². The summed E-state index contributed by atoms with van der Waals surface area (Å²) in [4.78, 5) is 10.3. The normalized spacial score (nSPS) is 11.8. The van der Waals surface area contributed by atoms with E-state index in [-0.39, 0.29) is 5.56 Å². The third-order valence-electron chi connectivity index (χ3n) is 1.87. The maximum absolute atomic E-state index is 12.8. The molecule has 0 N–H and O–H groups in total. The summed E-state index contributed by atoms with van der Waals surface area (Å²) in [6.45, 7) is 0. The minimum Gasteiger partial charge on any atom is -0.550 e. The summed E-state index contributed by atoms with van der Waals surface area (Å²) in [6, 6.07) is 4.53. The number of rotatable bonds is 3. The number of carboxylic acids is 1. The van der Waals surface area contributed by atoms with Crippen LogP contribution in [0.4, 0.5) is 8.78 Å². The number of benzene rings is 1. The molecule has 78 valence electrons. The summed E-state index contributed by atoms with van der Waals surface area (Å²) in [5.41, 5.74) is 0.126. The van der Waals surface area contributed by atoms with Crippen LogP contribution in [0.2, 0.25) is 0 Å². The molecule has 15 heavy (non-hydrogen) atoms. The second-order valence-electron chi connectivity index (χ2n) is 2.93. The first kappa shape index (κ1) is 11.1. The van der Waals surface area contributed by atoms with Crippen molar-refractivity contribution in [3.8, 4) is 6.07 Å². The van der Waals surface area contributed by atoms with Crippen LogP contribution in [0.15, 0.2) is 18.2 Å². The van der Waals surface area contributed by atoms with E-state index in [9.17, 15) is 18.7 Å². The average Bonchev–Trinajstić information content (AvgIpc) is 2.18. The SMILES string of the molecule is N#CC(CC(=O)[O-])c1ccc(F)c(F)c1. The molecule has 3 nitrogen and oxygen atoms in total. The van der Waals surface area contributed by atoms with Gasteiger partial charge in [0, 0.05) is 12.4 Å². The molecular weight excluding hydrogens is 204 g/mol. The molecule has 0 aliphatic heterocycles. The van der Waals surface area contributed by atoms with E-state index in [1.807, 2.05) is 0 Å². The highest BCUT2D eigenvalue weighted by Crippen LogP contribution is 2.20. The summed E-state index contributed by atoms with van der Waals surface area (Å²) in [5.74, 6) is -4.58. The fourth-order valence-corrected chi connectivity index (χ4v) is 1.13. The van der Waals surface area contributed by atoms with Crippen molar-refractivity contribution in [2.75, 3.05) is 0 Å². The summed E-state index contributed by atoms with van der Waals surface area (Å²) in [5, 5.41) is 18.9. The van der Waals surface area contributed by atoms with Crippen molar-refractivity contribution in [3.05, 3.63) is 35.4 Å². The van der Waals surface area contributed by atoms with Crippen molar-refractivity contribution >= 4 is 5.97 Å². The first-order valence-electron chi connectivity index (χ1n) is 4.09. The minimum atomic E-state index is -1.41. The van der Waals surface area contributed by atoms with Crippen LogP contribution < -0.4 is 5.11 Å². The van der Waals surface area contributed by atoms with Crippen molar-refractivity contribution in [3.63, 3.8) is 0 Å². The molecule has 0 aliphatic carbocycles. The van der Waals surface area contributed by atoms with Crippen LogP contribution in [0.1, 0.15) is 17.9 Å². The van der Waals surface area contributed by atoms with Crippen molar-refractivity contribution in [1.82, 2.24) is 0 Å². The first-order valence-corrected chi connectivity index (χ1v) is 4.09. The standard InChI is InChI=1S/C10H7F2NO2/c11-8-2-1-6(3-9(8)12)7(5-13)4-10(14)15/h1-3,7H,4H2,(H,14,15)/p-1. The van der Waals surface area contributed by atoms with Gasteiger partial charge in [-0.1, -0.05) is 6.07 Å². The fourth-order valence-electron chi connectivity index (χ4n) is 1.13. The molecule has 1 rings (SSSR count). The van der Waals surface area contributed by atoms with Gasteiger partial charge in [-0.2, -0.15) is 5.26 Å². The van der Waals surface area contributed by atoms with E-state index < -0.39 is 29.9 Å². The fraction of sp³-hybridized carbons (Fsp3) is 0.200. The molecule has 0 aliphatic rings. The predicted molar refractivity (Wildman–Crippen MR) is 44.3 cm³/mol. The Kier molecular flexibility index (Phi) is 3.34. The van der Waals surface area contributed by atoms with Crippen molar-refractivity contribution < 1.29 is 18.7 Å². The first-order chi connectivity index (χ1) is 7.04. The van der Waals surface area contributed by atoms with Crippen LogP contribution in [-0.4, -0.2) is 5.97 Å². The highest BCUT2D eigenvalue weighted by Gasteiger charge is 2.13. The Labute approximate surface area is 84.6 Å². The van der Waals surface area contributed by atoms with Gasteiger partial charge in [-0.05, 0) is 17.7 Å². The molecule has 0 bridgehead atoms. The number of carbonyl (C=O) groups is 1. The summed E-state index contributed by atoms with van der Waals surface area (Å²) in [6.07, 6.45) is -0.540. The zero-order valence-corrected chi connectivity index (χ0v) is 7.54. The molecule has 0 radical (unpaired) electrons. The smallest absolute Gasteiger partial charge is 0.159 e. The number of carbonyl (C=O) groups excluding carboxylic acids is 1. The Morgan fingerprint density at radius 3 is 2.60 bits per heavy atom. The molecule has 5 heteroatoms. The van der Waals surface area contributed by atoms with Crippen LogP contribution in [0.25, 0.3) is 0 Å². The summed E-state index contributed by atoms with van der Waals surface area (Å²) in [7, 11) is 0. The molecule has 1 aromatic carbocycles. The van der Waals surface area contributed by atoms with Gasteiger partial charge in [0.25, 0.3) is 0 Å². The maximum atomic E-state index is 12.8. The van der Waals surface area contributed by atoms with Crippen LogP contribution in [0.3, 0.4) is 0 Å². The number of hydrogen-bond acceptors (Lipinski definition) is 3. The molecule has 0 saturated heterocycles. The van der Waals surface area contributed by atoms with Crippen LogP contribution >= 0.6 is 0 Å². The van der Waals surface area contributed by atoms with Crippen molar-refractivity contribution in [1.29, 1.82) is 5.26 Å². The van der Waals surface area contributed by atoms with Crippen LogP contribution in [-0.2, 0) is 4.79 Å². The van der Waals surface area contributed by atoms with E-state index in [4.69, 9.17) is 5.26 Å². The lowest BCUT2D eigenvalue weighted by Crippen LogP contribution is -2.24. The van der Waals surface area contributed by atoms with Crippen LogP contribution in [0, 0.1) is 23.0 Å². The van der Waals surface area contributed by atoms with E-state index in [2.05, 4.69) is 0 Å². The molecule has 0 amide bonds. The Bertz CT molecular complexity index is 426. The number of hydrogen-bond donors (Lipinski definition) is 0. The second-order valence-corrected chi connectivity index (χ2v) is 2.93. The molecule has 0 heterocycles. The monoisotopic (exact) mass is 210 g/mol. The lowest BCUT2D eigenvalue weighted by atomic mass is 9.97. The lowest BCUT2D eigenvalue weighted by Gasteiger charge is -2.09. The third kappa shape index (κ3) is 2.74. The minimum absolute atomic E-state index is 0.126. The van der Waals surface area contributed by atoms with Crippen LogP contribution in [0.5, 0.6) is 0 Å². The molecule has 1 atom stereocenters. The Hall–Kier alpha value is -1.96.